The smallest absolute Gasteiger partial charge is 0.248 e. The largest absolute Gasteiger partial charge is 0.324 e. The number of amides is 2. The van der Waals surface area contributed by atoms with Crippen LogP contribution >= 0.6 is 0 Å². The molecule has 0 fully saturated rings. The van der Waals surface area contributed by atoms with E-state index in [1.54, 1.807) is 6.07 Å². The molecule has 0 aliphatic heterocycles. The highest BCUT2D eigenvalue weighted by Gasteiger charge is 2.12. The van der Waals surface area contributed by atoms with E-state index in [2.05, 4.69) is 10.6 Å². The number of hydrogen-bond acceptors (Lipinski definition) is 2. The van der Waals surface area contributed by atoms with Crippen LogP contribution in [0.1, 0.15) is 12.5 Å². The Morgan fingerprint density at radius 1 is 0.917 bits per heavy atom. The van der Waals surface area contributed by atoms with Crippen molar-refractivity contribution in [3.05, 3.63) is 65.5 Å². The summed E-state index contributed by atoms with van der Waals surface area (Å²) in [5.74, 6) is -3.77. The van der Waals surface area contributed by atoms with Gasteiger partial charge in [0.15, 0.2) is 0 Å². The summed E-state index contributed by atoms with van der Waals surface area (Å²) in [4.78, 5) is 22.8. The summed E-state index contributed by atoms with van der Waals surface area (Å²) in [5.41, 5.74) is -0.396. The second-order valence-corrected chi connectivity index (χ2v) is 4.84. The quantitative estimate of drug-likeness (QED) is 0.838. The molecule has 2 N–H and O–H groups in total. The molecule has 0 atom stereocenters. The number of benzene rings is 2. The van der Waals surface area contributed by atoms with Gasteiger partial charge in [-0.2, -0.15) is 0 Å². The van der Waals surface area contributed by atoms with Gasteiger partial charge in [0.05, 0.1) is 11.4 Å². The van der Waals surface area contributed by atoms with Gasteiger partial charge < -0.3 is 10.6 Å². The van der Waals surface area contributed by atoms with Gasteiger partial charge in [-0.1, -0.05) is 18.2 Å². The van der Waals surface area contributed by atoms with Crippen LogP contribution in [0.5, 0.6) is 0 Å². The molecule has 0 aromatic heterocycles. The minimum absolute atomic E-state index is 0.186. The molecule has 2 rings (SSSR count). The fraction of sp³-hybridized carbons (Fsp3) is 0.0588. The highest BCUT2D eigenvalue weighted by atomic mass is 19.1. The molecule has 0 saturated heterocycles. The van der Waals surface area contributed by atoms with Gasteiger partial charge in [0, 0.05) is 24.6 Å². The van der Waals surface area contributed by atoms with E-state index >= 15 is 0 Å². The van der Waals surface area contributed by atoms with Crippen molar-refractivity contribution in [3.63, 3.8) is 0 Å². The van der Waals surface area contributed by atoms with Crippen molar-refractivity contribution in [2.45, 2.75) is 6.92 Å². The molecule has 2 amide bonds. The molecule has 124 valence electrons. The predicted molar refractivity (Wildman–Crippen MR) is 84.7 cm³/mol. The molecule has 7 heteroatoms. The highest BCUT2D eigenvalue weighted by Crippen LogP contribution is 2.23. The Balaban J connectivity index is 2.16. The number of carbonyl (C=O) groups is 2. The Morgan fingerprint density at radius 3 is 2.17 bits per heavy atom. The van der Waals surface area contributed by atoms with Crippen molar-refractivity contribution >= 4 is 29.3 Å². The molecular weight excluding hydrogens is 321 g/mol. The fourth-order valence-corrected chi connectivity index (χ4v) is 1.88. The van der Waals surface area contributed by atoms with Crippen LogP contribution in [0, 0.1) is 17.5 Å². The number of anilines is 2. The molecule has 0 radical (unpaired) electrons. The zero-order valence-corrected chi connectivity index (χ0v) is 12.6. The average molecular weight is 334 g/mol. The van der Waals surface area contributed by atoms with E-state index < -0.39 is 29.3 Å². The maximum absolute atomic E-state index is 13.7. The van der Waals surface area contributed by atoms with Crippen molar-refractivity contribution in [1.29, 1.82) is 0 Å². The lowest BCUT2D eigenvalue weighted by molar-refractivity contribution is -0.114. The first kappa shape index (κ1) is 17.3. The molecule has 2 aromatic rings. The van der Waals surface area contributed by atoms with Gasteiger partial charge >= 0.3 is 0 Å². The van der Waals surface area contributed by atoms with Crippen molar-refractivity contribution in [1.82, 2.24) is 0 Å². The third kappa shape index (κ3) is 4.45. The number of hydrogen-bond donors (Lipinski definition) is 2. The molecule has 0 heterocycles. The fourth-order valence-electron chi connectivity index (χ4n) is 1.88. The normalized spacial score (nSPS) is 10.7. The van der Waals surface area contributed by atoms with Crippen LogP contribution in [-0.4, -0.2) is 11.8 Å². The Labute approximate surface area is 136 Å². The van der Waals surface area contributed by atoms with Gasteiger partial charge in [0.1, 0.15) is 17.5 Å². The standard InChI is InChI=1S/C17H13F3N2O2/c1-10(23)21-15-9-16(14(20)8-13(15)19)22-17(24)7-6-11-4-2-3-5-12(11)18/h2-9H,1H3,(H,21,23)(H,22,24)/b7-6+. The topological polar surface area (TPSA) is 58.2 Å². The minimum Gasteiger partial charge on any atom is -0.324 e. The van der Waals surface area contributed by atoms with Crippen LogP contribution in [0.3, 0.4) is 0 Å². The first-order chi connectivity index (χ1) is 11.4. The van der Waals surface area contributed by atoms with Crippen molar-refractivity contribution in [2.75, 3.05) is 10.6 Å². The maximum Gasteiger partial charge on any atom is 0.248 e. The lowest BCUT2D eigenvalue weighted by Gasteiger charge is -2.09. The van der Waals surface area contributed by atoms with E-state index in [1.165, 1.54) is 24.3 Å². The zero-order valence-electron chi connectivity index (χ0n) is 12.6. The van der Waals surface area contributed by atoms with Gasteiger partial charge in [-0.15, -0.1) is 0 Å². The Bertz CT molecular complexity index is 819. The summed E-state index contributed by atoms with van der Waals surface area (Å²) in [5, 5.41) is 4.38. The van der Waals surface area contributed by atoms with Crippen molar-refractivity contribution in [2.24, 2.45) is 0 Å². The molecule has 24 heavy (non-hydrogen) atoms. The summed E-state index contributed by atoms with van der Waals surface area (Å²) < 4.78 is 40.6. The summed E-state index contributed by atoms with van der Waals surface area (Å²) in [6.45, 7) is 1.16. The first-order valence-electron chi connectivity index (χ1n) is 6.87. The van der Waals surface area contributed by atoms with Crippen LogP contribution in [-0.2, 0) is 9.59 Å². The third-order valence-corrected chi connectivity index (χ3v) is 2.94. The minimum atomic E-state index is -1.01. The predicted octanol–water partition coefficient (Wildman–Crippen LogP) is 3.71. The third-order valence-electron chi connectivity index (χ3n) is 2.94. The number of halogens is 3. The number of carbonyl (C=O) groups excluding carboxylic acids is 2. The molecule has 4 nitrogen and oxygen atoms in total. The Hall–Kier alpha value is -3.09. The van der Waals surface area contributed by atoms with Gasteiger partial charge in [-0.25, -0.2) is 13.2 Å². The molecule has 0 bridgehead atoms. The molecule has 0 saturated carbocycles. The van der Waals surface area contributed by atoms with Gasteiger partial charge in [0.2, 0.25) is 11.8 Å². The number of nitrogens with one attached hydrogen (secondary N) is 2. The van der Waals surface area contributed by atoms with Crippen LogP contribution in [0.25, 0.3) is 6.08 Å². The molecule has 2 aromatic carbocycles. The Kier molecular flexibility index (Phi) is 5.36. The van der Waals surface area contributed by atoms with E-state index in [-0.39, 0.29) is 16.9 Å². The highest BCUT2D eigenvalue weighted by molar-refractivity contribution is 6.02. The summed E-state index contributed by atoms with van der Waals surface area (Å²) in [7, 11) is 0. The van der Waals surface area contributed by atoms with E-state index in [0.717, 1.165) is 19.1 Å². The lowest BCUT2D eigenvalue weighted by atomic mass is 10.2. The first-order valence-corrected chi connectivity index (χ1v) is 6.87. The number of rotatable bonds is 4. The van der Waals surface area contributed by atoms with E-state index in [4.69, 9.17) is 0 Å². The van der Waals surface area contributed by atoms with Gasteiger partial charge in [0.25, 0.3) is 0 Å². The second kappa shape index (κ2) is 7.45. The van der Waals surface area contributed by atoms with Crippen molar-refractivity contribution in [3.8, 4) is 0 Å². The van der Waals surface area contributed by atoms with Crippen LogP contribution in [0.4, 0.5) is 24.5 Å². The Morgan fingerprint density at radius 2 is 1.54 bits per heavy atom. The lowest BCUT2D eigenvalue weighted by Crippen LogP contribution is -2.12. The molecule has 0 aliphatic carbocycles. The van der Waals surface area contributed by atoms with E-state index in [9.17, 15) is 22.8 Å². The van der Waals surface area contributed by atoms with Crippen LogP contribution in [0.2, 0.25) is 0 Å². The molecule has 0 aliphatic rings. The van der Waals surface area contributed by atoms with E-state index in [0.29, 0.717) is 6.07 Å². The second-order valence-electron chi connectivity index (χ2n) is 4.84. The zero-order chi connectivity index (χ0) is 17.7. The van der Waals surface area contributed by atoms with Crippen molar-refractivity contribution < 1.29 is 22.8 Å². The summed E-state index contributed by atoms with van der Waals surface area (Å²) in [6.07, 6.45) is 2.24. The molecule has 0 spiro atoms. The summed E-state index contributed by atoms with van der Waals surface area (Å²) in [6, 6.07) is 7.30. The monoisotopic (exact) mass is 334 g/mol. The van der Waals surface area contributed by atoms with Crippen LogP contribution in [0.15, 0.2) is 42.5 Å². The average Bonchev–Trinajstić information content (AvgIpc) is 2.51. The van der Waals surface area contributed by atoms with Crippen LogP contribution < -0.4 is 10.6 Å². The molecule has 0 unspecified atom stereocenters. The maximum atomic E-state index is 13.7. The van der Waals surface area contributed by atoms with E-state index in [1.807, 2.05) is 0 Å². The summed E-state index contributed by atoms with van der Waals surface area (Å²) >= 11 is 0. The SMILES string of the molecule is CC(=O)Nc1cc(NC(=O)/C=C/c2ccccc2F)c(F)cc1F. The van der Waals surface area contributed by atoms with Gasteiger partial charge in [-0.05, 0) is 18.2 Å². The molecular formula is C17H13F3N2O2. The van der Waals surface area contributed by atoms with Gasteiger partial charge in [-0.3, -0.25) is 9.59 Å².